The lowest BCUT2D eigenvalue weighted by atomic mass is 10.2. The molecule has 1 aliphatic heterocycles. The summed E-state index contributed by atoms with van der Waals surface area (Å²) < 4.78 is 16.9. The lowest BCUT2D eigenvalue weighted by molar-refractivity contribution is -0.672. The van der Waals surface area contributed by atoms with Crippen molar-refractivity contribution >= 4 is 40.4 Å². The number of anilines is 1. The van der Waals surface area contributed by atoms with E-state index in [1.807, 2.05) is 49.4 Å². The first-order valence-electron chi connectivity index (χ1n) is 12.3. The van der Waals surface area contributed by atoms with Crippen molar-refractivity contribution in [2.24, 2.45) is 4.99 Å². The Bertz CT molecular complexity index is 1640. The van der Waals surface area contributed by atoms with E-state index in [2.05, 4.69) is 10.3 Å². The maximum atomic E-state index is 13.4. The number of Topliss-reactive ketones (excluding diaryl/α,β-unsaturated/α-hetero) is 1. The number of aromatic nitrogens is 2. The zero-order chi connectivity index (χ0) is 28.1. The van der Waals surface area contributed by atoms with Gasteiger partial charge in [0.2, 0.25) is 11.5 Å². The predicted octanol–water partition coefficient (Wildman–Crippen LogP) is 4.01. The number of nitrogens with one attached hydrogen (secondary N) is 1. The van der Waals surface area contributed by atoms with Gasteiger partial charge in [-0.25, -0.2) is 9.79 Å². The largest absolute Gasteiger partial charge is 0.497 e. The molecule has 1 aliphatic rings. The molecule has 4 aromatic rings. The van der Waals surface area contributed by atoms with Gasteiger partial charge in [-0.05, 0) is 64.9 Å². The lowest BCUT2D eigenvalue weighted by Gasteiger charge is -2.17. The highest BCUT2D eigenvalue weighted by atomic mass is 32.2. The van der Waals surface area contributed by atoms with Crippen molar-refractivity contribution in [3.05, 3.63) is 106 Å². The van der Waals surface area contributed by atoms with Gasteiger partial charge in [-0.1, -0.05) is 42.1 Å². The molecule has 0 atom stereocenters. The number of amides is 1. The van der Waals surface area contributed by atoms with E-state index < -0.39 is 11.4 Å². The molecule has 1 amide bonds. The highest BCUT2D eigenvalue weighted by Crippen LogP contribution is 2.29. The van der Waals surface area contributed by atoms with E-state index in [1.54, 1.807) is 49.6 Å². The number of carbonyl (C=O) groups excluding carboxylic acids is 2. The maximum Gasteiger partial charge on any atom is 0.438 e. The number of amidine groups is 1. The minimum absolute atomic E-state index is 0.162. The number of ether oxygens (including phenoxy) is 2. The number of ketones is 1. The van der Waals surface area contributed by atoms with Crippen LogP contribution in [0.5, 0.6) is 11.5 Å². The smallest absolute Gasteiger partial charge is 0.438 e. The summed E-state index contributed by atoms with van der Waals surface area (Å²) in [4.78, 5) is 45.2. The van der Waals surface area contributed by atoms with Crippen LogP contribution in [-0.2, 0) is 4.79 Å². The topological polar surface area (TPSA) is 118 Å². The van der Waals surface area contributed by atoms with Crippen molar-refractivity contribution in [1.82, 2.24) is 5.27 Å². The first kappa shape index (κ1) is 26.7. The van der Waals surface area contributed by atoms with Crippen molar-refractivity contribution in [2.75, 3.05) is 24.4 Å². The fourth-order valence-corrected chi connectivity index (χ4v) is 4.88. The highest BCUT2D eigenvalue weighted by molar-refractivity contribution is 8.14. The second-order valence-electron chi connectivity index (χ2n) is 8.48. The van der Waals surface area contributed by atoms with Crippen molar-refractivity contribution in [3.63, 3.8) is 0 Å². The van der Waals surface area contributed by atoms with Crippen LogP contribution in [0.25, 0.3) is 11.8 Å². The second kappa shape index (κ2) is 11.9. The molecule has 11 heteroatoms. The fourth-order valence-electron chi connectivity index (χ4n) is 4.01. The van der Waals surface area contributed by atoms with Crippen molar-refractivity contribution < 1.29 is 28.3 Å². The van der Waals surface area contributed by atoms with Gasteiger partial charge in [0, 0.05) is 12.1 Å². The molecule has 0 fully saturated rings. The van der Waals surface area contributed by atoms with Gasteiger partial charge < -0.3 is 9.47 Å². The van der Waals surface area contributed by atoms with Crippen LogP contribution in [-0.4, -0.2) is 41.6 Å². The van der Waals surface area contributed by atoms with Crippen molar-refractivity contribution in [1.29, 1.82) is 0 Å². The van der Waals surface area contributed by atoms with Gasteiger partial charge in [-0.2, -0.15) is 0 Å². The molecular formula is C29H25N4O6S+. The molecule has 5 rings (SSSR count). The van der Waals surface area contributed by atoms with E-state index in [9.17, 15) is 14.4 Å². The minimum Gasteiger partial charge on any atom is -0.497 e. The molecule has 0 spiro atoms. The molecule has 0 bridgehead atoms. The second-order valence-corrected chi connectivity index (χ2v) is 9.42. The summed E-state index contributed by atoms with van der Waals surface area (Å²) in [5.74, 6) is 0.364. The fraction of sp³-hybridized carbons (Fsp3) is 0.138. The average Bonchev–Trinajstić information content (AvgIpc) is 3.52. The Morgan fingerprint density at radius 3 is 2.40 bits per heavy atom. The Morgan fingerprint density at radius 1 is 1.02 bits per heavy atom. The number of nitrogens with zero attached hydrogens (tertiary/aromatic N) is 3. The molecule has 1 N–H and O–H groups in total. The molecule has 40 heavy (non-hydrogen) atoms. The Labute approximate surface area is 233 Å². The molecule has 0 saturated carbocycles. The summed E-state index contributed by atoms with van der Waals surface area (Å²) in [6.07, 6.45) is 1.68. The monoisotopic (exact) mass is 557 g/mol. The highest BCUT2D eigenvalue weighted by Gasteiger charge is 2.35. The number of H-pyrrole nitrogens is 1. The molecule has 0 radical (unpaired) electrons. The Kier molecular flexibility index (Phi) is 7.92. The van der Waals surface area contributed by atoms with Crippen LogP contribution in [0.1, 0.15) is 23.0 Å². The summed E-state index contributed by atoms with van der Waals surface area (Å²) in [7, 11) is 1.54. The number of para-hydroxylation sites is 1. The van der Waals surface area contributed by atoms with E-state index in [-0.39, 0.29) is 23.1 Å². The summed E-state index contributed by atoms with van der Waals surface area (Å²) in [6.45, 7) is 2.46. The van der Waals surface area contributed by atoms with Crippen molar-refractivity contribution in [3.8, 4) is 17.2 Å². The van der Waals surface area contributed by atoms with Crippen LogP contribution in [0.15, 0.2) is 98.9 Å². The van der Waals surface area contributed by atoms with Crippen molar-refractivity contribution in [2.45, 2.75) is 6.92 Å². The van der Waals surface area contributed by atoms with E-state index in [0.717, 1.165) is 23.1 Å². The quantitative estimate of drug-likeness (QED) is 0.188. The third kappa shape index (κ3) is 5.59. The van der Waals surface area contributed by atoms with Gasteiger partial charge in [-0.15, -0.1) is 0 Å². The van der Waals surface area contributed by atoms with E-state index in [1.165, 1.54) is 9.58 Å². The third-order valence-corrected chi connectivity index (χ3v) is 6.85. The molecule has 3 aromatic carbocycles. The molecule has 0 aliphatic carbocycles. The number of thioether (sulfide) groups is 1. The molecular weight excluding hydrogens is 532 g/mol. The minimum atomic E-state index is -0.804. The Hall–Kier alpha value is -4.90. The van der Waals surface area contributed by atoms with E-state index >= 15 is 0 Å². The van der Waals surface area contributed by atoms with E-state index in [4.69, 9.17) is 14.0 Å². The molecule has 2 heterocycles. The molecule has 10 nitrogen and oxygen atoms in total. The summed E-state index contributed by atoms with van der Waals surface area (Å²) in [5, 5.41) is 2.79. The average molecular weight is 558 g/mol. The van der Waals surface area contributed by atoms with E-state index in [0.29, 0.717) is 28.9 Å². The number of hydrogen-bond acceptors (Lipinski definition) is 8. The Balaban J connectivity index is 1.41. The summed E-state index contributed by atoms with van der Waals surface area (Å²) >= 11 is 1.06. The number of rotatable bonds is 9. The summed E-state index contributed by atoms with van der Waals surface area (Å²) in [6, 6.07) is 23.1. The molecule has 1 aromatic heterocycles. The maximum absolute atomic E-state index is 13.4. The van der Waals surface area contributed by atoms with Crippen LogP contribution < -0.4 is 24.7 Å². The van der Waals surface area contributed by atoms with Gasteiger partial charge in [-0.3, -0.25) is 19.0 Å². The normalized spacial score (nSPS) is 13.9. The van der Waals surface area contributed by atoms with Gasteiger partial charge in [0.1, 0.15) is 17.2 Å². The SMILES string of the molecule is CCOc1ccc(/C=C2/N=C(SCC(=O)c3c(=O)o[nH][n+]3-c3ccc(OC)cc3)N(c3ccccc3)C2=O)cc1. The molecule has 202 valence electrons. The number of aromatic amines is 1. The Morgan fingerprint density at radius 2 is 1.73 bits per heavy atom. The van der Waals surface area contributed by atoms with Crippen LogP contribution in [0.3, 0.4) is 0 Å². The van der Waals surface area contributed by atoms with Gasteiger partial charge in [0.25, 0.3) is 5.91 Å². The standard InChI is InChI=1S/C29H24N4O6S/c1-3-38-23-13-9-19(10-14-23)17-24-27(35)32(20-7-5-4-6-8-20)29(30-24)40-18-25(34)26-28(36)39-31-33(26)21-11-15-22(37-2)16-12-21/h4-17H,3,18H2,1-2H3/p+1/b24-17+. The van der Waals surface area contributed by atoms with Crippen LogP contribution >= 0.6 is 11.8 Å². The number of hydrogen-bond donors (Lipinski definition) is 1. The number of aliphatic imine (C=N–C) groups is 1. The molecule has 0 unspecified atom stereocenters. The first-order chi connectivity index (χ1) is 19.5. The lowest BCUT2D eigenvalue weighted by Crippen LogP contribution is -2.41. The van der Waals surface area contributed by atoms with Gasteiger partial charge >= 0.3 is 11.3 Å². The van der Waals surface area contributed by atoms with Gasteiger partial charge in [0.05, 0.1) is 25.2 Å². The molecule has 0 saturated heterocycles. The predicted molar refractivity (Wildman–Crippen MR) is 151 cm³/mol. The summed E-state index contributed by atoms with van der Waals surface area (Å²) in [5.41, 5.74) is 1.13. The van der Waals surface area contributed by atoms with Gasteiger partial charge in [0.15, 0.2) is 5.17 Å². The first-order valence-corrected chi connectivity index (χ1v) is 13.3. The van der Waals surface area contributed by atoms with Crippen LogP contribution in [0.2, 0.25) is 0 Å². The zero-order valence-corrected chi connectivity index (χ0v) is 22.5. The number of benzene rings is 3. The third-order valence-electron chi connectivity index (χ3n) is 5.91. The van der Waals surface area contributed by atoms with Crippen LogP contribution in [0, 0.1) is 0 Å². The van der Waals surface area contributed by atoms with Crippen LogP contribution in [0.4, 0.5) is 5.69 Å². The zero-order valence-electron chi connectivity index (χ0n) is 21.7. The number of carbonyl (C=O) groups is 2. The number of methoxy groups -OCH3 is 1.